The van der Waals surface area contributed by atoms with Gasteiger partial charge in [-0.1, -0.05) is 19.7 Å². The van der Waals surface area contributed by atoms with E-state index in [0.29, 0.717) is 121 Å². The maximum Gasteiger partial charge on any atom is 0.281 e. The number of carbonyl (C=O) groups excluding carboxylic acids is 3. The van der Waals surface area contributed by atoms with E-state index in [2.05, 4.69) is 62.0 Å². The van der Waals surface area contributed by atoms with Crippen LogP contribution in [0.3, 0.4) is 0 Å². The van der Waals surface area contributed by atoms with Gasteiger partial charge in [0.05, 0.1) is 113 Å². The quantitative estimate of drug-likeness (QED) is 0.0512. The number of hydrogen-bond donors (Lipinski definition) is 8. The first-order valence-electron chi connectivity index (χ1n) is 27.9. The van der Waals surface area contributed by atoms with Crippen LogP contribution in [0, 0.1) is 27.1 Å². The Balaban J connectivity index is 0.000000383. The Kier molecular flexibility index (Phi) is 38.4. The van der Waals surface area contributed by atoms with Gasteiger partial charge in [-0.3, -0.25) is 14.4 Å². The van der Waals surface area contributed by atoms with Gasteiger partial charge in [0, 0.05) is 28.1 Å². The highest BCUT2D eigenvalue weighted by Crippen LogP contribution is 2.38. The first kappa shape index (κ1) is 82.3. The Hall–Kier alpha value is -4.82. The van der Waals surface area contributed by atoms with E-state index in [4.69, 9.17) is 155 Å². The molecule has 8 heterocycles. The summed E-state index contributed by atoms with van der Waals surface area (Å²) in [6.07, 6.45) is 2.52. The van der Waals surface area contributed by atoms with Crippen LogP contribution in [0.25, 0.3) is 0 Å². The van der Waals surface area contributed by atoms with Crippen molar-refractivity contribution < 1.29 is 135 Å². The van der Waals surface area contributed by atoms with Crippen molar-refractivity contribution in [2.75, 3.05) is 184 Å². The number of ether oxygens (including phenoxy) is 20. The number of aliphatic hydroxyl groups is 5. The fourth-order valence-corrected chi connectivity index (χ4v) is 7.68. The summed E-state index contributed by atoms with van der Waals surface area (Å²) < 4.78 is 106. The number of hydrogen-bond acceptors (Lipinski definition) is 28. The molecule has 0 bridgehead atoms. The molecule has 0 aliphatic carbocycles. The second kappa shape index (κ2) is 42.5. The molecule has 524 valence electrons. The number of methoxy groups -OCH3 is 2. The molecule has 4 spiro atoms. The summed E-state index contributed by atoms with van der Waals surface area (Å²) in [5.74, 6) is -1.08. The zero-order chi connectivity index (χ0) is 68.0. The fraction of sp³-hybridized carbons (Fsp3) is 0.702. The molecule has 0 aromatic rings. The molecule has 31 nitrogen and oxygen atoms in total. The summed E-state index contributed by atoms with van der Waals surface area (Å²) >= 11 is 16.6. The molecule has 8 rings (SSSR count). The maximum absolute atomic E-state index is 11.1. The van der Waals surface area contributed by atoms with Gasteiger partial charge in [0.25, 0.3) is 35.7 Å². The monoisotopic (exact) mass is 1370 g/mol. The largest absolute Gasteiger partial charge is 0.465 e. The van der Waals surface area contributed by atoms with Crippen LogP contribution in [0.1, 0.15) is 13.8 Å². The van der Waals surface area contributed by atoms with E-state index in [1.165, 1.54) is 0 Å². The molecular formula is C57H92Cl3N3O28. The molecule has 8 aliphatic heterocycles. The molecule has 8 saturated heterocycles. The third-order valence-corrected chi connectivity index (χ3v) is 14.2. The van der Waals surface area contributed by atoms with Crippen LogP contribution >= 0.6 is 34.8 Å². The molecule has 8 fully saturated rings. The minimum absolute atomic E-state index is 0.0797. The van der Waals surface area contributed by atoms with Crippen LogP contribution in [-0.2, 0) is 109 Å². The second-order valence-corrected chi connectivity index (χ2v) is 22.2. The number of rotatable bonds is 19. The van der Waals surface area contributed by atoms with Crippen LogP contribution < -0.4 is 16.0 Å². The van der Waals surface area contributed by atoms with E-state index in [1.54, 1.807) is 28.1 Å². The van der Waals surface area contributed by atoms with Crippen LogP contribution in [0.4, 0.5) is 0 Å². The minimum atomic E-state index is -1.29. The average Bonchev–Trinajstić information content (AvgIpc) is 0.952. The number of alkyl halides is 3. The van der Waals surface area contributed by atoms with Gasteiger partial charge in [-0.05, 0) is 44.5 Å². The minimum Gasteiger partial charge on any atom is -0.465 e. The van der Waals surface area contributed by atoms with Crippen molar-refractivity contribution in [1.29, 1.82) is 0 Å². The molecule has 8 aliphatic rings. The van der Waals surface area contributed by atoms with Gasteiger partial charge in [-0.25, -0.2) is 0 Å². The van der Waals surface area contributed by atoms with Gasteiger partial charge in [-0.2, -0.15) is 0 Å². The fourth-order valence-electron chi connectivity index (χ4n) is 7.07. The highest BCUT2D eigenvalue weighted by Gasteiger charge is 2.50. The molecular weight excluding hydrogens is 1280 g/mol. The van der Waals surface area contributed by atoms with E-state index in [1.807, 2.05) is 0 Å². The summed E-state index contributed by atoms with van der Waals surface area (Å²) in [6, 6.07) is 0. The predicted octanol–water partition coefficient (Wildman–Crippen LogP) is 1.20. The summed E-state index contributed by atoms with van der Waals surface area (Å²) in [4.78, 5) is 32.3. The first-order chi connectivity index (χ1) is 43.3. The van der Waals surface area contributed by atoms with Crippen molar-refractivity contribution in [2.45, 2.75) is 44.7 Å². The lowest BCUT2D eigenvalue weighted by atomic mass is 9.90. The third-order valence-electron chi connectivity index (χ3n) is 13.4. The van der Waals surface area contributed by atoms with Crippen molar-refractivity contribution in [2.24, 2.45) is 27.1 Å². The standard InChI is InChI=1S/C17H26N2O8.C9H14Cl2O4.2C9H12O4.C5H12O4.C4H9ClO2.C4H7NO2/c1-5-13(20)18-11-26-15(3)22-7-17(8-23-15)9-24-16(4,25-10-17)27-12-19-14(21)6-2;10-1-7-12-3-9(4-13-7)5-14-8(2-11)15-6-9;2*1-7-10-3-9(4-11-7)5-12-8(2)13-6-9;6-1-5(2-7,3-8)4-9;1-6-4(3-5)7-2;1-2-4(7)5-3-6/h5-6H,1-2,7-12H2,3-4H3,(H,18,20)(H,19,21);7-8H,1-6H2;2*1-6H2;6-9H,1-4H2;4H,3H2,1-2H3;2,6H,1,3H2,(H,5,7). The van der Waals surface area contributed by atoms with Gasteiger partial charge in [0.15, 0.2) is 18.9 Å². The van der Waals surface area contributed by atoms with E-state index in [0.717, 1.165) is 18.2 Å². The predicted molar refractivity (Wildman–Crippen MR) is 321 cm³/mol. The lowest BCUT2D eigenvalue weighted by Crippen LogP contribution is -2.59. The first-order valence-corrected chi connectivity index (χ1v) is 29.5. The van der Waals surface area contributed by atoms with Gasteiger partial charge in [0.1, 0.15) is 83.9 Å². The van der Waals surface area contributed by atoms with E-state index >= 15 is 0 Å². The van der Waals surface area contributed by atoms with Crippen molar-refractivity contribution in [3.05, 3.63) is 88.1 Å². The van der Waals surface area contributed by atoms with Crippen molar-refractivity contribution in [3.63, 3.8) is 0 Å². The van der Waals surface area contributed by atoms with Crippen molar-refractivity contribution in [3.8, 4) is 0 Å². The normalized spacial score (nSPS) is 26.6. The summed E-state index contributed by atoms with van der Waals surface area (Å²) in [6.45, 7) is 32.7. The maximum atomic E-state index is 11.1. The second-order valence-electron chi connectivity index (χ2n) is 21.2. The molecule has 0 atom stereocenters. The topological polar surface area (TPSA) is 373 Å². The SMILES string of the molecule is C=C1OCC2(CO1)COC(=C)OC2.C=C1OCC2(CO1)COC(=C)OC2.C=CC(=O)NCO.C=CC(=O)NCOC1(C)OCC2(CO1)COC(C)(OCNC(=O)C=C)OC2.COC(CCl)OC.ClCC1OCC2(CO1)COC(CCl)OC2.OCC(CO)(CO)CO. The van der Waals surface area contributed by atoms with Gasteiger partial charge in [-0.15, -0.1) is 34.8 Å². The molecule has 3 amide bonds. The number of amides is 3. The van der Waals surface area contributed by atoms with Crippen LogP contribution in [-0.4, -0.2) is 258 Å². The van der Waals surface area contributed by atoms with Crippen LogP contribution in [0.5, 0.6) is 0 Å². The molecule has 0 saturated carbocycles. The Bertz CT molecular complexity index is 1960. The van der Waals surface area contributed by atoms with E-state index in [9.17, 15) is 14.4 Å². The summed E-state index contributed by atoms with van der Waals surface area (Å²) in [5.41, 5.74) is -2.20. The van der Waals surface area contributed by atoms with Crippen LogP contribution in [0.15, 0.2) is 88.1 Å². The lowest BCUT2D eigenvalue weighted by molar-refractivity contribution is -0.456. The smallest absolute Gasteiger partial charge is 0.281 e. The number of carbonyl (C=O) groups is 3. The lowest BCUT2D eigenvalue weighted by Gasteiger charge is -2.48. The van der Waals surface area contributed by atoms with Gasteiger partial charge in [0.2, 0.25) is 17.7 Å². The van der Waals surface area contributed by atoms with Crippen LogP contribution in [0.2, 0.25) is 0 Å². The zero-order valence-electron chi connectivity index (χ0n) is 52.1. The number of nitrogens with one attached hydrogen (secondary N) is 3. The van der Waals surface area contributed by atoms with Crippen molar-refractivity contribution in [1.82, 2.24) is 16.0 Å². The van der Waals surface area contributed by atoms with Gasteiger partial charge >= 0.3 is 0 Å². The van der Waals surface area contributed by atoms with E-state index in [-0.39, 0.29) is 99.5 Å². The number of halogens is 3. The van der Waals surface area contributed by atoms with Gasteiger partial charge < -0.3 is 136 Å². The van der Waals surface area contributed by atoms with E-state index < -0.39 is 49.2 Å². The number of aliphatic hydroxyl groups excluding tert-OH is 5. The highest BCUT2D eigenvalue weighted by molar-refractivity contribution is 6.18. The average molecular weight is 1370 g/mol. The zero-order valence-corrected chi connectivity index (χ0v) is 54.3. The Morgan fingerprint density at radius 3 is 0.923 bits per heavy atom. The Morgan fingerprint density at radius 2 is 0.736 bits per heavy atom. The molecule has 34 heteroatoms. The molecule has 0 aromatic carbocycles. The Morgan fingerprint density at radius 1 is 0.484 bits per heavy atom. The molecule has 91 heavy (non-hydrogen) atoms. The molecule has 0 unspecified atom stereocenters. The highest BCUT2D eigenvalue weighted by atomic mass is 35.5. The Labute approximate surface area is 545 Å². The third kappa shape index (κ3) is 30.0. The molecule has 0 radical (unpaired) electrons. The molecule has 0 aromatic heterocycles. The molecule has 8 N–H and O–H groups in total. The van der Waals surface area contributed by atoms with Crippen molar-refractivity contribution >= 4 is 52.5 Å². The summed E-state index contributed by atoms with van der Waals surface area (Å²) in [5, 5.41) is 49.0. The summed E-state index contributed by atoms with van der Waals surface area (Å²) in [7, 11) is 3.10.